The molecule has 1 atom stereocenters. The Balaban J connectivity index is 2.25. The van der Waals surface area contributed by atoms with E-state index < -0.39 is 0 Å². The number of rotatable bonds is 0. The number of fused-ring (bicyclic) bond motifs is 1. The molecule has 54 valence electrons. The van der Waals surface area contributed by atoms with E-state index in [4.69, 9.17) is 4.84 Å². The van der Waals surface area contributed by atoms with Crippen molar-refractivity contribution in [2.24, 2.45) is 5.92 Å². The number of hydroxylamine groups is 1. The van der Waals surface area contributed by atoms with Gasteiger partial charge in [0.15, 0.2) is 5.76 Å². The number of amides is 1. The maximum Gasteiger partial charge on any atom is 0.263 e. The number of hydrogen-bond acceptors (Lipinski definition) is 3. The standard InChI is InChI=1S/C6H8N2O2/c9-6-4-1-2-7-3-5(4)10-8-6/h3-4,7H,1-2H2,(H,8,9). The fourth-order valence-electron chi connectivity index (χ4n) is 1.18. The molecule has 2 N–H and O–H groups in total. The molecule has 0 aliphatic carbocycles. The Kier molecular flexibility index (Phi) is 1.06. The van der Waals surface area contributed by atoms with Crippen molar-refractivity contribution in [1.29, 1.82) is 0 Å². The van der Waals surface area contributed by atoms with Gasteiger partial charge in [-0.2, -0.15) is 5.48 Å². The van der Waals surface area contributed by atoms with E-state index in [0.29, 0.717) is 0 Å². The molecule has 2 heterocycles. The zero-order valence-electron chi connectivity index (χ0n) is 5.39. The van der Waals surface area contributed by atoms with Crippen LogP contribution in [0.1, 0.15) is 6.42 Å². The topological polar surface area (TPSA) is 50.4 Å². The Bertz CT molecular complexity index is 200. The van der Waals surface area contributed by atoms with Gasteiger partial charge in [0.2, 0.25) is 0 Å². The second-order valence-corrected chi connectivity index (χ2v) is 2.41. The summed E-state index contributed by atoms with van der Waals surface area (Å²) in [5.74, 6) is 0.658. The predicted octanol–water partition coefficient (Wildman–Crippen LogP) is -0.501. The lowest BCUT2D eigenvalue weighted by Gasteiger charge is -2.11. The van der Waals surface area contributed by atoms with Crippen molar-refractivity contribution in [2.45, 2.75) is 6.42 Å². The van der Waals surface area contributed by atoms with Crippen molar-refractivity contribution in [3.8, 4) is 0 Å². The maximum atomic E-state index is 10.9. The second-order valence-electron chi connectivity index (χ2n) is 2.41. The third kappa shape index (κ3) is 0.650. The third-order valence-electron chi connectivity index (χ3n) is 1.75. The maximum absolute atomic E-state index is 10.9. The molecular weight excluding hydrogens is 132 g/mol. The molecule has 0 bridgehead atoms. The van der Waals surface area contributed by atoms with Crippen LogP contribution in [0.5, 0.6) is 0 Å². The van der Waals surface area contributed by atoms with E-state index in [9.17, 15) is 4.79 Å². The van der Waals surface area contributed by atoms with Crippen molar-refractivity contribution in [3.05, 3.63) is 12.0 Å². The highest BCUT2D eigenvalue weighted by atomic mass is 16.7. The summed E-state index contributed by atoms with van der Waals surface area (Å²) >= 11 is 0. The largest absolute Gasteiger partial charge is 0.388 e. The van der Waals surface area contributed by atoms with Gasteiger partial charge in [0.1, 0.15) is 5.92 Å². The summed E-state index contributed by atoms with van der Waals surface area (Å²) < 4.78 is 0. The monoisotopic (exact) mass is 140 g/mol. The van der Waals surface area contributed by atoms with Gasteiger partial charge in [0.25, 0.3) is 5.91 Å². The summed E-state index contributed by atoms with van der Waals surface area (Å²) in [6, 6.07) is 0. The molecule has 1 saturated heterocycles. The summed E-state index contributed by atoms with van der Waals surface area (Å²) in [6.45, 7) is 0.852. The molecule has 4 heteroatoms. The first-order valence-corrected chi connectivity index (χ1v) is 3.28. The Morgan fingerprint density at radius 1 is 1.70 bits per heavy atom. The molecule has 0 radical (unpaired) electrons. The van der Waals surface area contributed by atoms with Crippen LogP contribution >= 0.6 is 0 Å². The molecule has 0 aromatic rings. The second kappa shape index (κ2) is 1.90. The van der Waals surface area contributed by atoms with Crippen LogP contribution in [0.2, 0.25) is 0 Å². The Morgan fingerprint density at radius 2 is 2.60 bits per heavy atom. The molecule has 1 fully saturated rings. The lowest BCUT2D eigenvalue weighted by atomic mass is 10.0. The van der Waals surface area contributed by atoms with Crippen LogP contribution in [0.15, 0.2) is 12.0 Å². The smallest absolute Gasteiger partial charge is 0.263 e. The minimum absolute atomic E-state index is 0.0206. The van der Waals surface area contributed by atoms with Gasteiger partial charge in [-0.15, -0.1) is 0 Å². The molecule has 0 spiro atoms. The minimum atomic E-state index is -0.0405. The molecule has 10 heavy (non-hydrogen) atoms. The van der Waals surface area contributed by atoms with Gasteiger partial charge in [-0.05, 0) is 6.42 Å². The molecule has 4 nitrogen and oxygen atoms in total. The fourth-order valence-corrected chi connectivity index (χ4v) is 1.18. The fraction of sp³-hybridized carbons (Fsp3) is 0.500. The van der Waals surface area contributed by atoms with Crippen molar-refractivity contribution in [1.82, 2.24) is 10.8 Å². The van der Waals surface area contributed by atoms with Crippen LogP contribution in [-0.2, 0) is 9.63 Å². The van der Waals surface area contributed by atoms with Crippen molar-refractivity contribution in [3.63, 3.8) is 0 Å². The quantitative estimate of drug-likeness (QED) is 0.477. The van der Waals surface area contributed by atoms with E-state index in [1.807, 2.05) is 0 Å². The van der Waals surface area contributed by atoms with Gasteiger partial charge in [0.05, 0.1) is 0 Å². The van der Waals surface area contributed by atoms with E-state index in [1.54, 1.807) is 6.20 Å². The highest BCUT2D eigenvalue weighted by Gasteiger charge is 2.33. The Morgan fingerprint density at radius 3 is 3.40 bits per heavy atom. The zero-order valence-corrected chi connectivity index (χ0v) is 5.39. The van der Waals surface area contributed by atoms with Crippen LogP contribution < -0.4 is 10.8 Å². The molecule has 2 aliphatic heterocycles. The lowest BCUT2D eigenvalue weighted by Crippen LogP contribution is -2.24. The zero-order chi connectivity index (χ0) is 6.97. The SMILES string of the molecule is O=C1NOC2=CNCCC12. The lowest BCUT2D eigenvalue weighted by molar-refractivity contribution is -0.126. The highest BCUT2D eigenvalue weighted by molar-refractivity contribution is 5.82. The molecule has 0 saturated carbocycles. The van der Waals surface area contributed by atoms with E-state index in [2.05, 4.69) is 10.8 Å². The molecular formula is C6H8N2O2. The van der Waals surface area contributed by atoms with Crippen LogP contribution in [0.3, 0.4) is 0 Å². The van der Waals surface area contributed by atoms with E-state index in [0.717, 1.165) is 18.7 Å². The number of carbonyl (C=O) groups is 1. The third-order valence-corrected chi connectivity index (χ3v) is 1.75. The Hall–Kier alpha value is -1.19. The van der Waals surface area contributed by atoms with Gasteiger partial charge >= 0.3 is 0 Å². The summed E-state index contributed by atoms with van der Waals surface area (Å²) in [6.07, 6.45) is 2.57. The van der Waals surface area contributed by atoms with Crippen LogP contribution in [-0.4, -0.2) is 12.5 Å². The van der Waals surface area contributed by atoms with E-state index >= 15 is 0 Å². The molecule has 2 rings (SSSR count). The predicted molar refractivity (Wildman–Crippen MR) is 33.4 cm³/mol. The van der Waals surface area contributed by atoms with Crippen LogP contribution in [0, 0.1) is 5.92 Å². The van der Waals surface area contributed by atoms with Crippen molar-refractivity contribution in [2.75, 3.05) is 6.54 Å². The molecule has 2 aliphatic rings. The van der Waals surface area contributed by atoms with Gasteiger partial charge < -0.3 is 10.2 Å². The molecule has 1 unspecified atom stereocenters. The molecule has 0 aromatic carbocycles. The summed E-state index contributed by atoms with van der Waals surface area (Å²) in [5.41, 5.74) is 2.31. The normalized spacial score (nSPS) is 29.4. The van der Waals surface area contributed by atoms with Crippen molar-refractivity contribution >= 4 is 5.91 Å². The van der Waals surface area contributed by atoms with Gasteiger partial charge in [-0.3, -0.25) is 4.79 Å². The van der Waals surface area contributed by atoms with E-state index in [-0.39, 0.29) is 11.8 Å². The molecule has 0 aromatic heterocycles. The van der Waals surface area contributed by atoms with Crippen LogP contribution in [0.25, 0.3) is 0 Å². The van der Waals surface area contributed by atoms with Crippen molar-refractivity contribution < 1.29 is 9.63 Å². The Labute approximate surface area is 58.2 Å². The first-order chi connectivity index (χ1) is 4.88. The molecule has 1 amide bonds. The minimum Gasteiger partial charge on any atom is -0.388 e. The summed E-state index contributed by atoms with van der Waals surface area (Å²) in [5, 5.41) is 3.00. The van der Waals surface area contributed by atoms with E-state index in [1.165, 1.54) is 0 Å². The highest BCUT2D eigenvalue weighted by Crippen LogP contribution is 2.22. The summed E-state index contributed by atoms with van der Waals surface area (Å²) in [4.78, 5) is 15.8. The first kappa shape index (κ1) is 5.58. The van der Waals surface area contributed by atoms with Gasteiger partial charge in [0, 0.05) is 12.7 Å². The number of carbonyl (C=O) groups excluding carboxylic acids is 1. The average molecular weight is 140 g/mol. The summed E-state index contributed by atoms with van der Waals surface area (Å²) in [7, 11) is 0. The number of nitrogens with one attached hydrogen (secondary N) is 2. The first-order valence-electron chi connectivity index (χ1n) is 3.28. The number of hydrogen-bond donors (Lipinski definition) is 2. The van der Waals surface area contributed by atoms with Gasteiger partial charge in [-0.1, -0.05) is 0 Å². The average Bonchev–Trinajstić information content (AvgIpc) is 2.34. The van der Waals surface area contributed by atoms with Gasteiger partial charge in [-0.25, -0.2) is 0 Å². The van der Waals surface area contributed by atoms with Crippen LogP contribution in [0.4, 0.5) is 0 Å².